The van der Waals surface area contributed by atoms with Crippen LogP contribution < -0.4 is 0 Å². The molecule has 6 nitrogen and oxygen atoms in total. The fourth-order valence-corrected chi connectivity index (χ4v) is 1.95. The molecule has 1 aromatic heterocycles. The molecule has 1 N–H and O–H groups in total. The Balaban J connectivity index is 2.16. The van der Waals surface area contributed by atoms with Crippen LogP contribution in [0.15, 0.2) is 6.20 Å². The maximum absolute atomic E-state index is 12.1. The molecule has 18 heavy (non-hydrogen) atoms. The monoisotopic (exact) mass is 253 g/mol. The van der Waals surface area contributed by atoms with E-state index in [9.17, 15) is 9.90 Å². The summed E-state index contributed by atoms with van der Waals surface area (Å²) in [6.07, 6.45) is 1.04. The summed E-state index contributed by atoms with van der Waals surface area (Å²) >= 11 is 0. The molecule has 2 rings (SSSR count). The molecule has 0 bridgehead atoms. The molecule has 0 saturated carbocycles. The quantitative estimate of drug-likeness (QED) is 0.764. The molecule has 1 aromatic rings. The van der Waals surface area contributed by atoms with Crippen LogP contribution in [0.4, 0.5) is 4.79 Å². The predicted molar refractivity (Wildman–Crippen MR) is 65.1 cm³/mol. The van der Waals surface area contributed by atoms with Gasteiger partial charge in [0.2, 0.25) is 0 Å². The lowest BCUT2D eigenvalue weighted by Crippen LogP contribution is -2.46. The first-order valence-corrected chi connectivity index (χ1v) is 6.01. The number of hydrogen-bond donors (Lipinski definition) is 1. The zero-order chi connectivity index (χ0) is 13.5. The summed E-state index contributed by atoms with van der Waals surface area (Å²) in [7, 11) is 0. The zero-order valence-electron chi connectivity index (χ0n) is 11.2. The number of aromatic hydroxyl groups is 1. The number of carbonyl (C=O) groups is 1. The summed E-state index contributed by atoms with van der Waals surface area (Å²) in [5.74, 6) is 0.121. The molecule has 6 heteroatoms. The summed E-state index contributed by atoms with van der Waals surface area (Å²) in [6, 6.07) is -0.00773. The van der Waals surface area contributed by atoms with Crippen molar-refractivity contribution in [3.8, 4) is 5.75 Å². The van der Waals surface area contributed by atoms with Crippen molar-refractivity contribution in [3.63, 3.8) is 0 Å². The Labute approximate surface area is 106 Å². The average Bonchev–Trinajstić information content (AvgIpc) is 2.56. The third-order valence-electron chi connectivity index (χ3n) is 2.84. The molecule has 0 aromatic carbocycles. The van der Waals surface area contributed by atoms with E-state index in [0.29, 0.717) is 18.8 Å². The fourth-order valence-electron chi connectivity index (χ4n) is 1.95. The molecule has 1 unspecified atom stereocenters. The maximum Gasteiger partial charge on any atom is 0.410 e. The molecular formula is C12H19N3O3. The van der Waals surface area contributed by atoms with E-state index in [4.69, 9.17) is 4.74 Å². The van der Waals surface area contributed by atoms with Gasteiger partial charge in [0.05, 0.1) is 31.0 Å². The molecule has 1 amide bonds. The van der Waals surface area contributed by atoms with Crippen molar-refractivity contribution < 1.29 is 14.6 Å². The van der Waals surface area contributed by atoms with Crippen LogP contribution in [0, 0.1) is 0 Å². The first-order chi connectivity index (χ1) is 8.28. The van der Waals surface area contributed by atoms with Gasteiger partial charge < -0.3 is 9.84 Å². The normalized spacial score (nSPS) is 19.6. The van der Waals surface area contributed by atoms with E-state index in [0.717, 1.165) is 0 Å². The Hall–Kier alpha value is -1.72. The van der Waals surface area contributed by atoms with Crippen molar-refractivity contribution in [1.29, 1.82) is 0 Å². The van der Waals surface area contributed by atoms with E-state index in [1.54, 1.807) is 9.58 Å². The second-order valence-corrected chi connectivity index (χ2v) is 5.62. The lowest BCUT2D eigenvalue weighted by molar-refractivity contribution is 0.00888. The molecular weight excluding hydrogens is 234 g/mol. The third kappa shape index (κ3) is 2.42. The first kappa shape index (κ1) is 12.7. The summed E-state index contributed by atoms with van der Waals surface area (Å²) in [5.41, 5.74) is 0.134. The Bertz CT molecular complexity index is 462. The second-order valence-electron chi connectivity index (χ2n) is 5.62. The van der Waals surface area contributed by atoms with E-state index in [1.165, 1.54) is 6.20 Å². The molecule has 1 atom stereocenters. The van der Waals surface area contributed by atoms with E-state index in [2.05, 4.69) is 5.10 Å². The number of ether oxygens (including phenoxy) is 1. The average molecular weight is 253 g/mol. The number of fused-ring (bicyclic) bond motifs is 1. The first-order valence-electron chi connectivity index (χ1n) is 6.01. The Morgan fingerprint density at radius 3 is 2.83 bits per heavy atom. The smallest absolute Gasteiger partial charge is 0.410 e. The molecule has 0 aliphatic carbocycles. The molecule has 1 aliphatic heterocycles. The van der Waals surface area contributed by atoms with Gasteiger partial charge in [-0.2, -0.15) is 5.10 Å². The van der Waals surface area contributed by atoms with Gasteiger partial charge in [0.25, 0.3) is 0 Å². The minimum atomic E-state index is -0.517. The standard InChI is InChI=1S/C12H19N3O3/c1-8-6-15-9(10(16)5-13-15)7-14(8)11(17)18-12(2,3)4/h5,8,16H,6-7H2,1-4H3. The van der Waals surface area contributed by atoms with Gasteiger partial charge in [-0.15, -0.1) is 0 Å². The second kappa shape index (κ2) is 4.19. The van der Waals surface area contributed by atoms with E-state index < -0.39 is 5.60 Å². The summed E-state index contributed by atoms with van der Waals surface area (Å²) in [5, 5.41) is 13.7. The van der Waals surface area contributed by atoms with Gasteiger partial charge in [0.1, 0.15) is 5.60 Å². The van der Waals surface area contributed by atoms with Crippen LogP contribution in [0.25, 0.3) is 0 Å². The number of aromatic nitrogens is 2. The van der Waals surface area contributed by atoms with Crippen molar-refractivity contribution in [2.75, 3.05) is 0 Å². The Morgan fingerprint density at radius 2 is 2.22 bits per heavy atom. The Kier molecular flexibility index (Phi) is 2.96. The van der Waals surface area contributed by atoms with Crippen LogP contribution in [0.2, 0.25) is 0 Å². The van der Waals surface area contributed by atoms with Crippen LogP contribution in [-0.2, 0) is 17.8 Å². The van der Waals surface area contributed by atoms with Gasteiger partial charge in [-0.1, -0.05) is 0 Å². The van der Waals surface area contributed by atoms with Gasteiger partial charge in [-0.25, -0.2) is 4.79 Å². The topological polar surface area (TPSA) is 67.6 Å². The number of hydrogen-bond acceptors (Lipinski definition) is 4. The van der Waals surface area contributed by atoms with Crippen molar-refractivity contribution >= 4 is 6.09 Å². The molecule has 0 saturated heterocycles. The number of amides is 1. The lowest BCUT2D eigenvalue weighted by atomic mass is 10.2. The largest absolute Gasteiger partial charge is 0.504 e. The highest BCUT2D eigenvalue weighted by Gasteiger charge is 2.32. The van der Waals surface area contributed by atoms with Crippen LogP contribution in [0.3, 0.4) is 0 Å². The molecule has 100 valence electrons. The molecule has 1 aliphatic rings. The molecule has 0 radical (unpaired) electrons. The fraction of sp³-hybridized carbons (Fsp3) is 0.667. The number of carbonyl (C=O) groups excluding carboxylic acids is 1. The number of rotatable bonds is 0. The molecule has 0 spiro atoms. The third-order valence-corrected chi connectivity index (χ3v) is 2.84. The predicted octanol–water partition coefficient (Wildman–Crippen LogP) is 1.73. The van der Waals surface area contributed by atoms with Crippen LogP contribution in [0.1, 0.15) is 33.4 Å². The van der Waals surface area contributed by atoms with Gasteiger partial charge in [-0.05, 0) is 27.7 Å². The Morgan fingerprint density at radius 1 is 1.56 bits per heavy atom. The highest BCUT2D eigenvalue weighted by molar-refractivity contribution is 5.68. The van der Waals surface area contributed by atoms with Gasteiger partial charge in [0.15, 0.2) is 5.75 Å². The SMILES string of the molecule is CC1Cn2ncc(O)c2CN1C(=O)OC(C)(C)C. The number of nitrogens with zero attached hydrogens (tertiary/aromatic N) is 3. The van der Waals surface area contributed by atoms with Crippen molar-refractivity contribution in [3.05, 3.63) is 11.9 Å². The van der Waals surface area contributed by atoms with Crippen LogP contribution in [-0.4, -0.2) is 37.5 Å². The summed E-state index contributed by atoms with van der Waals surface area (Å²) < 4.78 is 7.08. The van der Waals surface area contributed by atoms with Crippen LogP contribution >= 0.6 is 0 Å². The van der Waals surface area contributed by atoms with E-state index in [-0.39, 0.29) is 17.9 Å². The van der Waals surface area contributed by atoms with Gasteiger partial charge in [-0.3, -0.25) is 9.58 Å². The van der Waals surface area contributed by atoms with Crippen LogP contribution in [0.5, 0.6) is 5.75 Å². The van der Waals surface area contributed by atoms with E-state index >= 15 is 0 Å². The minimum Gasteiger partial charge on any atom is -0.504 e. The zero-order valence-corrected chi connectivity index (χ0v) is 11.2. The van der Waals surface area contributed by atoms with Gasteiger partial charge >= 0.3 is 6.09 Å². The van der Waals surface area contributed by atoms with E-state index in [1.807, 2.05) is 27.7 Å². The van der Waals surface area contributed by atoms with Crippen molar-refractivity contribution in [2.45, 2.75) is 52.4 Å². The minimum absolute atomic E-state index is 0.00773. The maximum atomic E-state index is 12.1. The highest BCUT2D eigenvalue weighted by atomic mass is 16.6. The summed E-state index contributed by atoms with van der Waals surface area (Å²) in [6.45, 7) is 8.33. The molecule has 0 fully saturated rings. The lowest BCUT2D eigenvalue weighted by Gasteiger charge is -2.35. The highest BCUT2D eigenvalue weighted by Crippen LogP contribution is 2.25. The van der Waals surface area contributed by atoms with Crippen molar-refractivity contribution in [2.24, 2.45) is 0 Å². The van der Waals surface area contributed by atoms with Gasteiger partial charge in [0, 0.05) is 0 Å². The van der Waals surface area contributed by atoms with Crippen molar-refractivity contribution in [1.82, 2.24) is 14.7 Å². The molecule has 2 heterocycles. The summed E-state index contributed by atoms with van der Waals surface area (Å²) in [4.78, 5) is 13.7.